The maximum atomic E-state index is 12.6. The van der Waals surface area contributed by atoms with Gasteiger partial charge in [0.15, 0.2) is 9.84 Å². The molecule has 0 radical (unpaired) electrons. The van der Waals surface area contributed by atoms with E-state index < -0.39 is 9.84 Å². The van der Waals surface area contributed by atoms with Crippen molar-refractivity contribution in [3.8, 4) is 0 Å². The van der Waals surface area contributed by atoms with Gasteiger partial charge in [-0.25, -0.2) is 23.2 Å². The van der Waals surface area contributed by atoms with Crippen LogP contribution in [0.4, 0.5) is 4.79 Å². The Morgan fingerprint density at radius 3 is 2.57 bits per heavy atom. The fraction of sp³-hybridized carbons (Fsp3) is 0.667. The smallest absolute Gasteiger partial charge is 0.320 e. The molecule has 8 heteroatoms. The zero-order valence-electron chi connectivity index (χ0n) is 13.3. The van der Waals surface area contributed by atoms with Crippen molar-refractivity contribution in [2.24, 2.45) is 0 Å². The van der Waals surface area contributed by atoms with Crippen LogP contribution in [-0.4, -0.2) is 66.7 Å². The van der Waals surface area contributed by atoms with Gasteiger partial charge in [0, 0.05) is 44.5 Å². The van der Waals surface area contributed by atoms with Crippen molar-refractivity contribution in [2.45, 2.75) is 36.5 Å². The van der Waals surface area contributed by atoms with E-state index >= 15 is 0 Å². The predicted octanol–water partition coefficient (Wildman–Crippen LogP) is 1.28. The normalized spacial score (nSPS) is 22.4. The van der Waals surface area contributed by atoms with Crippen LogP contribution < -0.4 is 0 Å². The molecule has 7 nitrogen and oxygen atoms in total. The summed E-state index contributed by atoms with van der Waals surface area (Å²) in [5.74, 6) is -0.0528. The van der Waals surface area contributed by atoms with Gasteiger partial charge in [-0.2, -0.15) is 0 Å². The minimum Gasteiger partial charge on any atom is -0.325 e. The second kappa shape index (κ2) is 6.43. The Bertz CT molecular complexity index is 686. The first-order valence-corrected chi connectivity index (χ1v) is 9.90. The molecular formula is C15H22N4O3S. The standard InChI is InChI=1S/C15H22N4O3S/c1-23(21,22)13-9-16-11-17-14(13)12-5-4-8-19(10-12)15(20)18-6-2-3-7-18/h9,11-12H,2-8,10H2,1H3/t12-/m1/s1. The van der Waals surface area contributed by atoms with Gasteiger partial charge < -0.3 is 9.80 Å². The molecule has 2 aliphatic rings. The molecule has 2 amide bonds. The highest BCUT2D eigenvalue weighted by atomic mass is 32.2. The van der Waals surface area contributed by atoms with Gasteiger partial charge in [0.05, 0.1) is 5.69 Å². The fourth-order valence-corrected chi connectivity index (χ4v) is 4.25. The van der Waals surface area contributed by atoms with E-state index in [-0.39, 0.29) is 16.8 Å². The lowest BCUT2D eigenvalue weighted by Crippen LogP contribution is -2.46. The van der Waals surface area contributed by atoms with Gasteiger partial charge >= 0.3 is 6.03 Å². The van der Waals surface area contributed by atoms with E-state index in [4.69, 9.17) is 0 Å². The Hall–Kier alpha value is -1.70. The van der Waals surface area contributed by atoms with Crippen molar-refractivity contribution in [3.05, 3.63) is 18.2 Å². The average Bonchev–Trinajstić information content (AvgIpc) is 3.08. The second-order valence-electron chi connectivity index (χ2n) is 6.31. The number of aromatic nitrogens is 2. The lowest BCUT2D eigenvalue weighted by molar-refractivity contribution is 0.146. The lowest BCUT2D eigenvalue weighted by atomic mass is 9.94. The van der Waals surface area contributed by atoms with E-state index in [0.29, 0.717) is 12.2 Å². The van der Waals surface area contributed by atoms with Crippen molar-refractivity contribution in [1.29, 1.82) is 0 Å². The number of nitrogens with zero attached hydrogens (tertiary/aromatic N) is 4. The van der Waals surface area contributed by atoms with Gasteiger partial charge in [0.1, 0.15) is 11.2 Å². The van der Waals surface area contributed by atoms with E-state index in [0.717, 1.165) is 45.3 Å². The number of carbonyl (C=O) groups is 1. The number of amides is 2. The van der Waals surface area contributed by atoms with Crippen LogP contribution in [0.5, 0.6) is 0 Å². The summed E-state index contributed by atoms with van der Waals surface area (Å²) >= 11 is 0. The molecule has 1 atom stereocenters. The molecule has 23 heavy (non-hydrogen) atoms. The summed E-state index contributed by atoms with van der Waals surface area (Å²) in [4.78, 5) is 24.5. The van der Waals surface area contributed by atoms with Crippen LogP contribution >= 0.6 is 0 Å². The van der Waals surface area contributed by atoms with E-state index in [2.05, 4.69) is 9.97 Å². The lowest BCUT2D eigenvalue weighted by Gasteiger charge is -2.35. The van der Waals surface area contributed by atoms with Gasteiger partial charge in [-0.3, -0.25) is 0 Å². The molecular weight excluding hydrogens is 316 g/mol. The fourth-order valence-electron chi connectivity index (χ4n) is 3.40. The van der Waals surface area contributed by atoms with Crippen molar-refractivity contribution in [2.75, 3.05) is 32.4 Å². The van der Waals surface area contributed by atoms with Crippen molar-refractivity contribution >= 4 is 15.9 Å². The summed E-state index contributed by atoms with van der Waals surface area (Å²) < 4.78 is 23.9. The topological polar surface area (TPSA) is 83.5 Å². The Kier molecular flexibility index (Phi) is 4.52. The number of rotatable bonds is 2. The summed E-state index contributed by atoms with van der Waals surface area (Å²) in [5.41, 5.74) is 0.543. The van der Waals surface area contributed by atoms with E-state index in [1.807, 2.05) is 9.80 Å². The molecule has 2 saturated heterocycles. The van der Waals surface area contributed by atoms with E-state index in [9.17, 15) is 13.2 Å². The van der Waals surface area contributed by atoms with Crippen molar-refractivity contribution < 1.29 is 13.2 Å². The molecule has 1 aromatic rings. The number of carbonyl (C=O) groups excluding carboxylic acids is 1. The largest absolute Gasteiger partial charge is 0.325 e. The quantitative estimate of drug-likeness (QED) is 0.811. The minimum absolute atomic E-state index is 0.0528. The molecule has 3 rings (SSSR count). The summed E-state index contributed by atoms with van der Waals surface area (Å²) in [6, 6.07) is 0.0714. The van der Waals surface area contributed by atoms with Gasteiger partial charge in [-0.1, -0.05) is 0 Å². The zero-order chi connectivity index (χ0) is 16.4. The van der Waals surface area contributed by atoms with Crippen LogP contribution in [0, 0.1) is 0 Å². The molecule has 2 aliphatic heterocycles. The maximum Gasteiger partial charge on any atom is 0.320 e. The van der Waals surface area contributed by atoms with Crippen LogP contribution in [0.1, 0.15) is 37.3 Å². The highest BCUT2D eigenvalue weighted by Gasteiger charge is 2.31. The van der Waals surface area contributed by atoms with Crippen LogP contribution in [0.25, 0.3) is 0 Å². The Labute approximate surface area is 136 Å². The molecule has 0 saturated carbocycles. The van der Waals surface area contributed by atoms with E-state index in [1.54, 1.807) is 0 Å². The number of hydrogen-bond donors (Lipinski definition) is 0. The monoisotopic (exact) mass is 338 g/mol. The van der Waals surface area contributed by atoms with Crippen LogP contribution in [0.2, 0.25) is 0 Å². The summed E-state index contributed by atoms with van der Waals surface area (Å²) in [6.07, 6.45) is 7.73. The number of urea groups is 1. The molecule has 0 aromatic carbocycles. The maximum absolute atomic E-state index is 12.6. The Morgan fingerprint density at radius 2 is 1.87 bits per heavy atom. The molecule has 2 fully saturated rings. The van der Waals surface area contributed by atoms with Gasteiger partial charge in [0.2, 0.25) is 0 Å². The van der Waals surface area contributed by atoms with Crippen molar-refractivity contribution in [3.63, 3.8) is 0 Å². The molecule has 0 bridgehead atoms. The van der Waals surface area contributed by atoms with Gasteiger partial charge in [-0.05, 0) is 25.7 Å². The third-order valence-corrected chi connectivity index (χ3v) is 5.68. The molecule has 126 valence electrons. The molecule has 0 spiro atoms. The Morgan fingerprint density at radius 1 is 1.17 bits per heavy atom. The molecule has 1 aromatic heterocycles. The summed E-state index contributed by atoms with van der Waals surface area (Å²) in [5, 5.41) is 0. The first kappa shape index (κ1) is 16.2. The minimum atomic E-state index is -3.38. The zero-order valence-corrected chi connectivity index (χ0v) is 14.1. The number of sulfone groups is 1. The summed E-state index contributed by atoms with van der Waals surface area (Å²) in [6.45, 7) is 2.89. The van der Waals surface area contributed by atoms with Gasteiger partial charge in [0.25, 0.3) is 0 Å². The highest BCUT2D eigenvalue weighted by Crippen LogP contribution is 2.30. The third kappa shape index (κ3) is 3.46. The average molecular weight is 338 g/mol. The Balaban J connectivity index is 1.80. The summed E-state index contributed by atoms with van der Waals surface area (Å²) in [7, 11) is -3.38. The number of piperidine rings is 1. The SMILES string of the molecule is CS(=O)(=O)c1cncnc1[C@@H]1CCCN(C(=O)N2CCCC2)C1. The molecule has 0 aliphatic carbocycles. The third-order valence-electron chi connectivity index (χ3n) is 4.56. The highest BCUT2D eigenvalue weighted by molar-refractivity contribution is 7.90. The van der Waals surface area contributed by atoms with E-state index in [1.165, 1.54) is 18.8 Å². The van der Waals surface area contributed by atoms with Crippen LogP contribution in [0.15, 0.2) is 17.4 Å². The molecule has 3 heterocycles. The number of hydrogen-bond acceptors (Lipinski definition) is 5. The first-order chi connectivity index (χ1) is 11.0. The number of likely N-dealkylation sites (tertiary alicyclic amines) is 2. The predicted molar refractivity (Wildman–Crippen MR) is 84.9 cm³/mol. The molecule has 0 N–H and O–H groups in total. The van der Waals surface area contributed by atoms with Crippen LogP contribution in [0.3, 0.4) is 0 Å². The van der Waals surface area contributed by atoms with Crippen LogP contribution in [-0.2, 0) is 9.84 Å². The van der Waals surface area contributed by atoms with Gasteiger partial charge in [-0.15, -0.1) is 0 Å². The van der Waals surface area contributed by atoms with Crippen molar-refractivity contribution in [1.82, 2.24) is 19.8 Å². The molecule has 0 unspecified atom stereocenters. The first-order valence-electron chi connectivity index (χ1n) is 8.00. The second-order valence-corrected chi connectivity index (χ2v) is 8.29.